The first-order valence-corrected chi connectivity index (χ1v) is 11.8. The Labute approximate surface area is 209 Å². The molecule has 0 radical (unpaired) electrons. The Morgan fingerprint density at radius 1 is 1.11 bits per heavy atom. The van der Waals surface area contributed by atoms with Crippen LogP contribution in [0.4, 0.5) is 22.9 Å². The van der Waals surface area contributed by atoms with Crippen LogP contribution in [0.3, 0.4) is 0 Å². The second-order valence-electron chi connectivity index (χ2n) is 8.34. The highest BCUT2D eigenvalue weighted by atomic mass is 16.6. The van der Waals surface area contributed by atoms with E-state index in [1.54, 1.807) is 6.07 Å². The molecule has 0 saturated carbocycles. The fourth-order valence-electron chi connectivity index (χ4n) is 4.01. The number of aromatic nitrogens is 2. The molecule has 0 spiro atoms. The number of amides is 1. The molecular formula is C25H29N7O4. The van der Waals surface area contributed by atoms with E-state index in [4.69, 9.17) is 10.5 Å². The van der Waals surface area contributed by atoms with E-state index in [1.807, 2.05) is 31.2 Å². The summed E-state index contributed by atoms with van der Waals surface area (Å²) < 4.78 is 5.84. The molecule has 1 amide bonds. The van der Waals surface area contributed by atoms with Crippen molar-refractivity contribution < 1.29 is 14.5 Å². The average Bonchev–Trinajstić information content (AvgIpc) is 2.89. The standard InChI is InChI=1S/C25H29N7O4/c1-3-21-25(36-20-7-5-6-19(16-20)32(34)35)29-24(22(28-21)23(26)33)27-17-8-10-18(11-9-17)31-14-12-30(4-2)13-15-31/h5-11,16H,3-4,12-15H2,1-2H3,(H2,26,33)(H,27,29). The molecule has 1 aliphatic rings. The molecule has 4 rings (SSSR count). The minimum Gasteiger partial charge on any atom is -0.437 e. The minimum absolute atomic E-state index is 0.0157. The number of ether oxygens (including phenoxy) is 1. The Bertz CT molecular complexity index is 1240. The number of piperazine rings is 1. The third-order valence-electron chi connectivity index (χ3n) is 6.06. The van der Waals surface area contributed by atoms with Crippen LogP contribution in [-0.2, 0) is 6.42 Å². The van der Waals surface area contributed by atoms with Crippen molar-refractivity contribution in [3.05, 3.63) is 70.0 Å². The van der Waals surface area contributed by atoms with E-state index < -0.39 is 10.8 Å². The van der Waals surface area contributed by atoms with Crippen LogP contribution in [-0.4, -0.2) is 58.4 Å². The van der Waals surface area contributed by atoms with Crippen LogP contribution in [0, 0.1) is 10.1 Å². The van der Waals surface area contributed by atoms with Crippen molar-refractivity contribution in [2.75, 3.05) is 42.9 Å². The number of anilines is 3. The number of non-ortho nitro benzene ring substituents is 1. The molecular weight excluding hydrogens is 462 g/mol. The van der Waals surface area contributed by atoms with Crippen molar-refractivity contribution in [1.29, 1.82) is 0 Å². The molecule has 3 N–H and O–H groups in total. The zero-order chi connectivity index (χ0) is 25.7. The third-order valence-corrected chi connectivity index (χ3v) is 6.06. The largest absolute Gasteiger partial charge is 0.437 e. The number of rotatable bonds is 9. The van der Waals surface area contributed by atoms with Crippen molar-refractivity contribution in [3.63, 3.8) is 0 Å². The molecule has 1 saturated heterocycles. The van der Waals surface area contributed by atoms with Gasteiger partial charge in [0.1, 0.15) is 11.4 Å². The number of hydrogen-bond acceptors (Lipinski definition) is 9. The lowest BCUT2D eigenvalue weighted by atomic mass is 10.2. The Kier molecular flexibility index (Phi) is 7.59. The smallest absolute Gasteiger partial charge is 0.273 e. The predicted molar refractivity (Wildman–Crippen MR) is 137 cm³/mol. The lowest BCUT2D eigenvalue weighted by molar-refractivity contribution is -0.384. The van der Waals surface area contributed by atoms with Gasteiger partial charge in [0.15, 0.2) is 11.5 Å². The number of nitrogens with zero attached hydrogens (tertiary/aromatic N) is 5. The van der Waals surface area contributed by atoms with E-state index in [0.29, 0.717) is 17.8 Å². The number of likely N-dealkylation sites (N-methyl/N-ethyl adjacent to an activating group) is 1. The molecule has 11 nitrogen and oxygen atoms in total. The lowest BCUT2D eigenvalue weighted by Crippen LogP contribution is -2.46. The predicted octanol–water partition coefficient (Wildman–Crippen LogP) is 3.72. The van der Waals surface area contributed by atoms with Gasteiger partial charge in [0.2, 0.25) is 5.88 Å². The van der Waals surface area contributed by atoms with E-state index in [1.165, 1.54) is 18.2 Å². The van der Waals surface area contributed by atoms with Gasteiger partial charge in [-0.25, -0.2) is 4.98 Å². The Balaban J connectivity index is 1.58. The molecule has 1 aliphatic heterocycles. The number of nitrogens with two attached hydrogens (primary N) is 1. The van der Waals surface area contributed by atoms with E-state index in [9.17, 15) is 14.9 Å². The highest BCUT2D eigenvalue weighted by molar-refractivity contribution is 5.96. The number of carbonyl (C=O) groups excluding carboxylic acids is 1. The summed E-state index contributed by atoms with van der Waals surface area (Å²) in [6.07, 6.45) is 0.414. The quantitative estimate of drug-likeness (QED) is 0.338. The number of aryl methyl sites for hydroxylation is 1. The Morgan fingerprint density at radius 2 is 1.83 bits per heavy atom. The molecule has 36 heavy (non-hydrogen) atoms. The van der Waals surface area contributed by atoms with Crippen LogP contribution in [0.5, 0.6) is 11.6 Å². The zero-order valence-corrected chi connectivity index (χ0v) is 20.3. The molecule has 188 valence electrons. The van der Waals surface area contributed by atoms with Gasteiger partial charge in [0, 0.05) is 43.6 Å². The van der Waals surface area contributed by atoms with Crippen molar-refractivity contribution in [3.8, 4) is 11.6 Å². The van der Waals surface area contributed by atoms with Gasteiger partial charge in [-0.05, 0) is 43.3 Å². The topological polar surface area (TPSA) is 140 Å². The third kappa shape index (κ3) is 5.69. The van der Waals surface area contributed by atoms with Gasteiger partial charge in [-0.1, -0.05) is 19.9 Å². The van der Waals surface area contributed by atoms with Gasteiger partial charge in [-0.15, -0.1) is 0 Å². The van der Waals surface area contributed by atoms with E-state index in [2.05, 4.69) is 32.0 Å². The first kappa shape index (κ1) is 24.9. The Hall–Kier alpha value is -4.25. The molecule has 2 aromatic carbocycles. The summed E-state index contributed by atoms with van der Waals surface area (Å²) in [6, 6.07) is 13.6. The van der Waals surface area contributed by atoms with Gasteiger partial charge < -0.3 is 25.6 Å². The first-order chi connectivity index (χ1) is 17.4. The Morgan fingerprint density at radius 3 is 2.44 bits per heavy atom. The summed E-state index contributed by atoms with van der Waals surface area (Å²) in [5.74, 6) is -0.217. The second kappa shape index (κ2) is 11.0. The van der Waals surface area contributed by atoms with Crippen molar-refractivity contribution >= 4 is 28.8 Å². The molecule has 11 heteroatoms. The summed E-state index contributed by atoms with van der Waals surface area (Å²) in [5.41, 5.74) is 7.69. The summed E-state index contributed by atoms with van der Waals surface area (Å²) in [7, 11) is 0. The van der Waals surface area contributed by atoms with Crippen molar-refractivity contribution in [2.45, 2.75) is 20.3 Å². The van der Waals surface area contributed by atoms with Crippen LogP contribution in [0.15, 0.2) is 48.5 Å². The summed E-state index contributed by atoms with van der Waals surface area (Å²) in [6.45, 7) is 9.07. The molecule has 0 atom stereocenters. The molecule has 0 aliphatic carbocycles. The SMILES string of the molecule is CCc1nc(C(N)=O)c(Nc2ccc(N3CCN(CC)CC3)cc2)nc1Oc1cccc([N+](=O)[O-])c1. The molecule has 0 unspecified atom stereocenters. The number of nitro groups is 1. The van der Waals surface area contributed by atoms with Gasteiger partial charge in [0.25, 0.3) is 11.6 Å². The summed E-state index contributed by atoms with van der Waals surface area (Å²) in [4.78, 5) is 36.4. The van der Waals surface area contributed by atoms with Crippen LogP contribution in [0.1, 0.15) is 30.0 Å². The van der Waals surface area contributed by atoms with Crippen molar-refractivity contribution in [2.24, 2.45) is 5.73 Å². The van der Waals surface area contributed by atoms with Gasteiger partial charge >= 0.3 is 0 Å². The number of nitrogens with one attached hydrogen (secondary N) is 1. The number of carbonyl (C=O) groups is 1. The maximum absolute atomic E-state index is 12.1. The molecule has 2 heterocycles. The molecule has 1 fully saturated rings. The van der Waals surface area contributed by atoms with E-state index in [0.717, 1.165) is 38.4 Å². The second-order valence-corrected chi connectivity index (χ2v) is 8.34. The number of primary amides is 1. The van der Waals surface area contributed by atoms with Gasteiger partial charge in [-0.3, -0.25) is 14.9 Å². The average molecular weight is 492 g/mol. The van der Waals surface area contributed by atoms with Crippen molar-refractivity contribution in [1.82, 2.24) is 14.9 Å². The van der Waals surface area contributed by atoms with Gasteiger partial charge in [0.05, 0.1) is 11.0 Å². The number of benzene rings is 2. The molecule has 0 bridgehead atoms. The van der Waals surface area contributed by atoms with Gasteiger partial charge in [-0.2, -0.15) is 4.98 Å². The minimum atomic E-state index is -0.730. The van der Waals surface area contributed by atoms with Crippen LogP contribution in [0.2, 0.25) is 0 Å². The number of hydrogen-bond donors (Lipinski definition) is 2. The van der Waals surface area contributed by atoms with Crippen LogP contribution >= 0.6 is 0 Å². The highest BCUT2D eigenvalue weighted by Gasteiger charge is 2.20. The fraction of sp³-hybridized carbons (Fsp3) is 0.320. The van der Waals surface area contributed by atoms with Crippen LogP contribution < -0.4 is 20.7 Å². The first-order valence-electron chi connectivity index (χ1n) is 11.8. The normalized spacial score (nSPS) is 13.9. The molecule has 3 aromatic rings. The highest BCUT2D eigenvalue weighted by Crippen LogP contribution is 2.30. The molecule has 1 aromatic heterocycles. The fourth-order valence-corrected chi connectivity index (χ4v) is 4.01. The van der Waals surface area contributed by atoms with E-state index >= 15 is 0 Å². The summed E-state index contributed by atoms with van der Waals surface area (Å²) >= 11 is 0. The van der Waals surface area contributed by atoms with E-state index in [-0.39, 0.29) is 28.8 Å². The maximum Gasteiger partial charge on any atom is 0.273 e. The number of nitro benzene ring substituents is 1. The van der Waals surface area contributed by atoms with Crippen LogP contribution in [0.25, 0.3) is 0 Å². The lowest BCUT2D eigenvalue weighted by Gasteiger charge is -2.35. The monoisotopic (exact) mass is 491 g/mol. The zero-order valence-electron chi connectivity index (χ0n) is 20.3. The summed E-state index contributed by atoms with van der Waals surface area (Å²) in [5, 5.41) is 14.2. The maximum atomic E-state index is 12.1.